The molecule has 4 nitrogen and oxygen atoms in total. The number of hydrogen-bond donors (Lipinski definition) is 1. The van der Waals surface area contributed by atoms with Gasteiger partial charge < -0.3 is 10.6 Å². The van der Waals surface area contributed by atoms with Crippen LogP contribution in [-0.4, -0.2) is 29.6 Å². The van der Waals surface area contributed by atoms with Crippen molar-refractivity contribution in [3.63, 3.8) is 0 Å². The van der Waals surface area contributed by atoms with Gasteiger partial charge in [-0.25, -0.2) is 9.97 Å². The molecule has 1 heterocycles. The standard InChI is InChI=1S/C14H26N4/c1-6-12-16-11(3)8-13(17-12)18(7-2)10-14(4,5)9-15/h8H,6-7,9-10,15H2,1-5H3. The number of nitrogens with two attached hydrogens (primary N) is 1. The molecule has 0 spiro atoms. The molecule has 0 aliphatic rings. The molecule has 1 aromatic heterocycles. The summed E-state index contributed by atoms with van der Waals surface area (Å²) in [6.45, 7) is 13.1. The molecular formula is C14H26N4. The van der Waals surface area contributed by atoms with Crippen LogP contribution in [0.4, 0.5) is 5.82 Å². The minimum absolute atomic E-state index is 0.0985. The van der Waals surface area contributed by atoms with Crippen molar-refractivity contribution in [3.05, 3.63) is 17.6 Å². The van der Waals surface area contributed by atoms with Gasteiger partial charge in [-0.2, -0.15) is 0 Å². The van der Waals surface area contributed by atoms with Crippen molar-refractivity contribution in [3.8, 4) is 0 Å². The van der Waals surface area contributed by atoms with Crippen molar-refractivity contribution < 1.29 is 0 Å². The third-order valence-electron chi connectivity index (χ3n) is 3.08. The normalized spacial score (nSPS) is 11.7. The fourth-order valence-electron chi connectivity index (χ4n) is 1.87. The van der Waals surface area contributed by atoms with Gasteiger partial charge in [0.05, 0.1) is 0 Å². The van der Waals surface area contributed by atoms with Gasteiger partial charge in [-0.05, 0) is 25.8 Å². The number of nitrogens with zero attached hydrogens (tertiary/aromatic N) is 3. The van der Waals surface area contributed by atoms with E-state index in [1.165, 1.54) is 0 Å². The van der Waals surface area contributed by atoms with E-state index in [9.17, 15) is 0 Å². The summed E-state index contributed by atoms with van der Waals surface area (Å²) in [6.07, 6.45) is 0.868. The van der Waals surface area contributed by atoms with E-state index in [-0.39, 0.29) is 5.41 Å². The van der Waals surface area contributed by atoms with Crippen LogP contribution < -0.4 is 10.6 Å². The van der Waals surface area contributed by atoms with Gasteiger partial charge in [0.2, 0.25) is 0 Å². The summed E-state index contributed by atoms with van der Waals surface area (Å²) >= 11 is 0. The number of hydrogen-bond acceptors (Lipinski definition) is 4. The van der Waals surface area contributed by atoms with Crippen molar-refractivity contribution in [1.29, 1.82) is 0 Å². The van der Waals surface area contributed by atoms with Crippen LogP contribution in [0.2, 0.25) is 0 Å². The SMILES string of the molecule is CCc1nc(C)cc(N(CC)CC(C)(C)CN)n1. The highest BCUT2D eigenvalue weighted by Crippen LogP contribution is 2.20. The van der Waals surface area contributed by atoms with E-state index in [1.807, 2.05) is 6.92 Å². The monoisotopic (exact) mass is 250 g/mol. The van der Waals surface area contributed by atoms with Crippen LogP contribution in [0.25, 0.3) is 0 Å². The lowest BCUT2D eigenvalue weighted by molar-refractivity contribution is 0.378. The van der Waals surface area contributed by atoms with Crippen LogP contribution in [0.1, 0.15) is 39.2 Å². The highest BCUT2D eigenvalue weighted by molar-refractivity contribution is 5.40. The van der Waals surface area contributed by atoms with Crippen molar-refractivity contribution in [2.75, 3.05) is 24.5 Å². The lowest BCUT2D eigenvalue weighted by Crippen LogP contribution is -2.39. The Bertz CT molecular complexity index is 387. The number of rotatable bonds is 6. The minimum atomic E-state index is 0.0985. The summed E-state index contributed by atoms with van der Waals surface area (Å²) in [5.74, 6) is 1.93. The maximum atomic E-state index is 5.81. The number of aromatic nitrogens is 2. The minimum Gasteiger partial charge on any atom is -0.356 e. The molecular weight excluding hydrogens is 224 g/mol. The second-order valence-electron chi connectivity index (χ2n) is 5.52. The van der Waals surface area contributed by atoms with Gasteiger partial charge in [-0.1, -0.05) is 20.8 Å². The van der Waals surface area contributed by atoms with Gasteiger partial charge in [0, 0.05) is 31.3 Å². The Labute approximate surface area is 111 Å². The average molecular weight is 250 g/mol. The summed E-state index contributed by atoms with van der Waals surface area (Å²) < 4.78 is 0. The van der Waals surface area contributed by atoms with Crippen molar-refractivity contribution in [2.24, 2.45) is 11.1 Å². The highest BCUT2D eigenvalue weighted by atomic mass is 15.2. The van der Waals surface area contributed by atoms with Gasteiger partial charge >= 0.3 is 0 Å². The van der Waals surface area contributed by atoms with Crippen LogP contribution >= 0.6 is 0 Å². The number of anilines is 1. The van der Waals surface area contributed by atoms with E-state index < -0.39 is 0 Å². The van der Waals surface area contributed by atoms with Crippen LogP contribution in [0.3, 0.4) is 0 Å². The molecule has 2 N–H and O–H groups in total. The maximum Gasteiger partial charge on any atom is 0.132 e. The predicted octanol–water partition coefficient (Wildman–Crippen LogP) is 2.16. The van der Waals surface area contributed by atoms with Gasteiger partial charge in [-0.15, -0.1) is 0 Å². The Morgan fingerprint density at radius 3 is 2.44 bits per heavy atom. The molecule has 4 heteroatoms. The Morgan fingerprint density at radius 1 is 1.28 bits per heavy atom. The summed E-state index contributed by atoms with van der Waals surface area (Å²) in [6, 6.07) is 2.05. The third kappa shape index (κ3) is 3.95. The van der Waals surface area contributed by atoms with E-state index in [0.717, 1.165) is 36.8 Å². The summed E-state index contributed by atoms with van der Waals surface area (Å²) in [7, 11) is 0. The van der Waals surface area contributed by atoms with Crippen molar-refractivity contribution >= 4 is 5.82 Å². The Kier molecular flexibility index (Phi) is 5.08. The fourth-order valence-corrected chi connectivity index (χ4v) is 1.87. The summed E-state index contributed by atoms with van der Waals surface area (Å²) in [5, 5.41) is 0. The van der Waals surface area contributed by atoms with E-state index in [2.05, 4.69) is 48.6 Å². The summed E-state index contributed by atoms with van der Waals surface area (Å²) in [4.78, 5) is 11.3. The van der Waals surface area contributed by atoms with Gasteiger partial charge in [0.25, 0.3) is 0 Å². The van der Waals surface area contributed by atoms with Crippen LogP contribution in [0.5, 0.6) is 0 Å². The maximum absolute atomic E-state index is 5.81. The van der Waals surface area contributed by atoms with Crippen LogP contribution in [0, 0.1) is 12.3 Å². The zero-order chi connectivity index (χ0) is 13.8. The van der Waals surface area contributed by atoms with E-state index in [1.54, 1.807) is 0 Å². The first-order valence-electron chi connectivity index (χ1n) is 6.71. The van der Waals surface area contributed by atoms with Crippen LogP contribution in [-0.2, 0) is 6.42 Å². The molecule has 0 aliphatic carbocycles. The van der Waals surface area contributed by atoms with E-state index in [0.29, 0.717) is 6.54 Å². The molecule has 1 rings (SSSR count). The smallest absolute Gasteiger partial charge is 0.132 e. The Balaban J connectivity index is 2.98. The molecule has 0 unspecified atom stereocenters. The first kappa shape index (κ1) is 14.9. The van der Waals surface area contributed by atoms with E-state index in [4.69, 9.17) is 5.73 Å². The fraction of sp³-hybridized carbons (Fsp3) is 0.714. The quantitative estimate of drug-likeness (QED) is 0.840. The second kappa shape index (κ2) is 6.14. The molecule has 0 aromatic carbocycles. The lowest BCUT2D eigenvalue weighted by Gasteiger charge is -2.32. The molecule has 18 heavy (non-hydrogen) atoms. The summed E-state index contributed by atoms with van der Waals surface area (Å²) in [5.41, 5.74) is 6.94. The van der Waals surface area contributed by atoms with Crippen LogP contribution in [0.15, 0.2) is 6.07 Å². The largest absolute Gasteiger partial charge is 0.356 e. The highest BCUT2D eigenvalue weighted by Gasteiger charge is 2.20. The number of aryl methyl sites for hydroxylation is 2. The van der Waals surface area contributed by atoms with Crippen molar-refractivity contribution in [2.45, 2.75) is 41.0 Å². The molecule has 0 saturated heterocycles. The van der Waals surface area contributed by atoms with Gasteiger partial charge in [0.1, 0.15) is 11.6 Å². The van der Waals surface area contributed by atoms with Gasteiger partial charge in [-0.3, -0.25) is 0 Å². The molecule has 0 atom stereocenters. The molecule has 0 radical (unpaired) electrons. The molecule has 0 saturated carbocycles. The average Bonchev–Trinajstić information content (AvgIpc) is 2.35. The zero-order valence-corrected chi connectivity index (χ0v) is 12.3. The molecule has 1 aromatic rings. The molecule has 102 valence electrons. The topological polar surface area (TPSA) is 55.0 Å². The third-order valence-corrected chi connectivity index (χ3v) is 3.08. The van der Waals surface area contributed by atoms with E-state index >= 15 is 0 Å². The molecule has 0 fully saturated rings. The van der Waals surface area contributed by atoms with Gasteiger partial charge in [0.15, 0.2) is 0 Å². The predicted molar refractivity (Wildman–Crippen MR) is 76.9 cm³/mol. The molecule has 0 amide bonds. The van der Waals surface area contributed by atoms with Crippen molar-refractivity contribution in [1.82, 2.24) is 9.97 Å². The lowest BCUT2D eigenvalue weighted by atomic mass is 9.93. The first-order valence-corrected chi connectivity index (χ1v) is 6.71. The molecule has 0 aliphatic heterocycles. The second-order valence-corrected chi connectivity index (χ2v) is 5.52. The first-order chi connectivity index (χ1) is 8.41. The molecule has 0 bridgehead atoms. The zero-order valence-electron chi connectivity index (χ0n) is 12.3. The Hall–Kier alpha value is -1.16. The Morgan fingerprint density at radius 2 is 1.94 bits per heavy atom.